The van der Waals surface area contributed by atoms with Gasteiger partial charge in [-0.2, -0.15) is 0 Å². The van der Waals surface area contributed by atoms with Crippen molar-refractivity contribution in [3.8, 4) is 0 Å². The Bertz CT molecular complexity index is 167. The lowest BCUT2D eigenvalue weighted by Crippen LogP contribution is -2.38. The lowest BCUT2D eigenvalue weighted by molar-refractivity contribution is 0.0219. The highest BCUT2D eigenvalue weighted by Gasteiger charge is 2.16. The lowest BCUT2D eigenvalue weighted by Gasteiger charge is -2.25. The molecule has 1 aliphatic heterocycles. The van der Waals surface area contributed by atoms with Crippen LogP contribution in [0.4, 0.5) is 0 Å². The van der Waals surface area contributed by atoms with Gasteiger partial charge in [0.1, 0.15) is 0 Å². The van der Waals surface area contributed by atoms with Crippen molar-refractivity contribution in [2.45, 2.75) is 52.2 Å². The maximum Gasteiger partial charge on any atom is 0.0619 e. The van der Waals surface area contributed by atoms with E-state index < -0.39 is 0 Å². The average molecular weight is 229 g/mol. The van der Waals surface area contributed by atoms with Gasteiger partial charge in [0.15, 0.2) is 0 Å². The van der Waals surface area contributed by atoms with Gasteiger partial charge in [0.2, 0.25) is 0 Å². The molecule has 0 aromatic carbocycles. The summed E-state index contributed by atoms with van der Waals surface area (Å²) in [5, 5.41) is 3.56. The van der Waals surface area contributed by atoms with E-state index in [0.29, 0.717) is 18.1 Å². The number of hydrogen-bond acceptors (Lipinski definition) is 3. The van der Waals surface area contributed by atoms with Crippen molar-refractivity contribution in [3.05, 3.63) is 0 Å². The minimum Gasteiger partial charge on any atom is -0.380 e. The molecule has 1 N–H and O–H groups in total. The van der Waals surface area contributed by atoms with Crippen molar-refractivity contribution in [1.82, 2.24) is 5.32 Å². The van der Waals surface area contributed by atoms with E-state index in [-0.39, 0.29) is 0 Å². The van der Waals surface area contributed by atoms with Crippen LogP contribution in [0, 0.1) is 5.92 Å². The Morgan fingerprint density at radius 1 is 1.44 bits per heavy atom. The number of ether oxygens (including phenoxy) is 2. The van der Waals surface area contributed by atoms with Crippen LogP contribution in [-0.4, -0.2) is 38.5 Å². The molecule has 96 valence electrons. The van der Waals surface area contributed by atoms with Crippen LogP contribution < -0.4 is 5.32 Å². The summed E-state index contributed by atoms with van der Waals surface area (Å²) in [5.41, 5.74) is 0. The molecule has 2 atom stereocenters. The van der Waals surface area contributed by atoms with Crippen LogP contribution in [-0.2, 0) is 9.47 Å². The van der Waals surface area contributed by atoms with E-state index in [1.165, 1.54) is 12.8 Å². The van der Waals surface area contributed by atoms with Crippen LogP contribution in [0.3, 0.4) is 0 Å². The van der Waals surface area contributed by atoms with Crippen molar-refractivity contribution in [3.63, 3.8) is 0 Å². The third-order valence-corrected chi connectivity index (χ3v) is 3.15. The number of hydrogen-bond donors (Lipinski definition) is 1. The summed E-state index contributed by atoms with van der Waals surface area (Å²) in [5.74, 6) is 0.601. The smallest absolute Gasteiger partial charge is 0.0619 e. The molecule has 0 spiro atoms. The monoisotopic (exact) mass is 229 g/mol. The minimum atomic E-state index is 0.391. The van der Waals surface area contributed by atoms with Gasteiger partial charge in [-0.05, 0) is 38.6 Å². The zero-order valence-electron chi connectivity index (χ0n) is 11.0. The van der Waals surface area contributed by atoms with Crippen molar-refractivity contribution < 1.29 is 9.47 Å². The fraction of sp³-hybridized carbons (Fsp3) is 1.00. The molecule has 3 nitrogen and oxygen atoms in total. The summed E-state index contributed by atoms with van der Waals surface area (Å²) in [6.45, 7) is 10.2. The lowest BCUT2D eigenvalue weighted by atomic mass is 10.0. The largest absolute Gasteiger partial charge is 0.380 e. The summed E-state index contributed by atoms with van der Waals surface area (Å²) < 4.78 is 11.2. The molecule has 0 bridgehead atoms. The fourth-order valence-electron chi connectivity index (χ4n) is 2.15. The molecule has 0 aromatic rings. The van der Waals surface area contributed by atoms with Gasteiger partial charge in [-0.25, -0.2) is 0 Å². The third-order valence-electron chi connectivity index (χ3n) is 3.15. The molecule has 0 saturated carbocycles. The first kappa shape index (κ1) is 13.9. The van der Waals surface area contributed by atoms with Gasteiger partial charge in [0, 0.05) is 19.3 Å². The Hall–Kier alpha value is -0.120. The summed E-state index contributed by atoms with van der Waals surface area (Å²) >= 11 is 0. The van der Waals surface area contributed by atoms with Crippen LogP contribution in [0.5, 0.6) is 0 Å². The highest BCUT2D eigenvalue weighted by atomic mass is 16.5. The van der Waals surface area contributed by atoms with Gasteiger partial charge in [0.05, 0.1) is 12.7 Å². The molecule has 0 aromatic heterocycles. The quantitative estimate of drug-likeness (QED) is 0.726. The van der Waals surface area contributed by atoms with Gasteiger partial charge in [-0.3, -0.25) is 0 Å². The Kier molecular flexibility index (Phi) is 7.01. The zero-order chi connectivity index (χ0) is 11.8. The summed E-state index contributed by atoms with van der Waals surface area (Å²) in [4.78, 5) is 0. The first-order chi connectivity index (χ1) is 7.74. The highest BCUT2D eigenvalue weighted by molar-refractivity contribution is 4.72. The standard InChI is InChI=1S/C13H27NO2/c1-4-16-13(11(2)3)7-8-14-12-6-5-9-15-10-12/h11-14H,4-10H2,1-3H3. The first-order valence-corrected chi connectivity index (χ1v) is 6.66. The molecule has 1 rings (SSSR count). The molecule has 1 saturated heterocycles. The van der Waals surface area contributed by atoms with Crippen LogP contribution in [0.2, 0.25) is 0 Å². The molecule has 1 aliphatic rings. The average Bonchev–Trinajstić information content (AvgIpc) is 2.29. The fourth-order valence-corrected chi connectivity index (χ4v) is 2.15. The topological polar surface area (TPSA) is 30.5 Å². The van der Waals surface area contributed by atoms with Crippen LogP contribution >= 0.6 is 0 Å². The summed E-state index contributed by atoms with van der Waals surface area (Å²) in [6.07, 6.45) is 3.93. The second kappa shape index (κ2) is 8.04. The van der Waals surface area contributed by atoms with Crippen molar-refractivity contribution in [2.24, 2.45) is 5.92 Å². The molecule has 0 amide bonds. The SMILES string of the molecule is CCOC(CCNC1CCCOC1)C(C)C. The van der Waals surface area contributed by atoms with Crippen LogP contribution in [0.25, 0.3) is 0 Å². The second-order valence-electron chi connectivity index (χ2n) is 4.89. The Morgan fingerprint density at radius 2 is 2.25 bits per heavy atom. The molecule has 0 aliphatic carbocycles. The highest BCUT2D eigenvalue weighted by Crippen LogP contribution is 2.11. The third kappa shape index (κ3) is 5.28. The van der Waals surface area contributed by atoms with Gasteiger partial charge < -0.3 is 14.8 Å². The van der Waals surface area contributed by atoms with E-state index in [1.54, 1.807) is 0 Å². The first-order valence-electron chi connectivity index (χ1n) is 6.66. The van der Waals surface area contributed by atoms with E-state index >= 15 is 0 Å². The minimum absolute atomic E-state index is 0.391. The van der Waals surface area contributed by atoms with E-state index in [2.05, 4.69) is 26.1 Å². The summed E-state index contributed by atoms with van der Waals surface area (Å²) in [6, 6.07) is 0.559. The molecule has 1 fully saturated rings. The Morgan fingerprint density at radius 3 is 2.81 bits per heavy atom. The second-order valence-corrected chi connectivity index (χ2v) is 4.89. The van der Waals surface area contributed by atoms with Crippen molar-refractivity contribution in [2.75, 3.05) is 26.4 Å². The van der Waals surface area contributed by atoms with Crippen LogP contribution in [0.15, 0.2) is 0 Å². The molecule has 1 heterocycles. The van der Waals surface area contributed by atoms with Gasteiger partial charge in [-0.15, -0.1) is 0 Å². The molecule has 3 heteroatoms. The molecular weight excluding hydrogens is 202 g/mol. The van der Waals surface area contributed by atoms with Crippen LogP contribution in [0.1, 0.15) is 40.0 Å². The van der Waals surface area contributed by atoms with Gasteiger partial charge >= 0.3 is 0 Å². The normalized spacial score (nSPS) is 23.6. The van der Waals surface area contributed by atoms with E-state index in [4.69, 9.17) is 9.47 Å². The summed E-state index contributed by atoms with van der Waals surface area (Å²) in [7, 11) is 0. The molecule has 0 radical (unpaired) electrons. The van der Waals surface area contributed by atoms with Crippen molar-refractivity contribution in [1.29, 1.82) is 0 Å². The zero-order valence-corrected chi connectivity index (χ0v) is 11.0. The maximum absolute atomic E-state index is 5.72. The number of rotatable bonds is 7. The van der Waals surface area contributed by atoms with E-state index in [0.717, 1.165) is 32.8 Å². The predicted octanol–water partition coefficient (Wildman–Crippen LogP) is 2.21. The maximum atomic E-state index is 5.72. The van der Waals surface area contributed by atoms with Gasteiger partial charge in [-0.1, -0.05) is 13.8 Å². The Balaban J connectivity index is 2.11. The van der Waals surface area contributed by atoms with Gasteiger partial charge in [0.25, 0.3) is 0 Å². The molecular formula is C13H27NO2. The molecule has 2 unspecified atom stereocenters. The molecule has 16 heavy (non-hydrogen) atoms. The predicted molar refractivity (Wildman–Crippen MR) is 66.7 cm³/mol. The number of nitrogens with one attached hydrogen (secondary N) is 1. The van der Waals surface area contributed by atoms with E-state index in [1.807, 2.05) is 0 Å². The van der Waals surface area contributed by atoms with Crippen molar-refractivity contribution >= 4 is 0 Å². The Labute approximate surface area is 99.9 Å². The van der Waals surface area contributed by atoms with E-state index in [9.17, 15) is 0 Å².